The molecule has 10 aromatic carbocycles. The zero-order chi connectivity index (χ0) is 45.0. The Morgan fingerprint density at radius 1 is 0.206 bits per heavy atom. The second-order valence-electron chi connectivity index (χ2n) is 17.3. The molecule has 0 aliphatic heterocycles. The van der Waals surface area contributed by atoms with E-state index in [-0.39, 0.29) is 0 Å². The van der Waals surface area contributed by atoms with Crippen LogP contribution in [0.15, 0.2) is 249 Å². The van der Waals surface area contributed by atoms with E-state index in [1.807, 2.05) is 12.1 Å². The van der Waals surface area contributed by atoms with Crippen molar-refractivity contribution in [2.24, 2.45) is 0 Å². The van der Waals surface area contributed by atoms with E-state index >= 15 is 0 Å². The molecule has 13 aromatic rings. The summed E-state index contributed by atoms with van der Waals surface area (Å²) >= 11 is 0. The van der Waals surface area contributed by atoms with E-state index in [0.29, 0.717) is 17.5 Å². The van der Waals surface area contributed by atoms with Crippen LogP contribution in [0, 0.1) is 0 Å². The lowest BCUT2D eigenvalue weighted by Gasteiger charge is -2.12. The lowest BCUT2D eigenvalue weighted by Crippen LogP contribution is -2.01. The van der Waals surface area contributed by atoms with Crippen LogP contribution < -0.4 is 0 Å². The lowest BCUT2D eigenvalue weighted by molar-refractivity contribution is 1.07. The van der Waals surface area contributed by atoms with Gasteiger partial charge in [-0.3, -0.25) is 0 Å². The number of para-hydroxylation sites is 3. The second kappa shape index (κ2) is 16.4. The average molecular weight is 868 g/mol. The third-order valence-electron chi connectivity index (χ3n) is 13.2. The molecular formula is C63H41N5. The van der Waals surface area contributed by atoms with E-state index in [9.17, 15) is 0 Å². The largest absolute Gasteiger partial charge is 0.309 e. The Bertz CT molecular complexity index is 3900. The van der Waals surface area contributed by atoms with Gasteiger partial charge in [0.2, 0.25) is 0 Å². The smallest absolute Gasteiger partial charge is 0.164 e. The molecule has 0 fully saturated rings. The van der Waals surface area contributed by atoms with Crippen LogP contribution in [0.5, 0.6) is 0 Å². The Balaban J connectivity index is 0.901. The monoisotopic (exact) mass is 867 g/mol. The van der Waals surface area contributed by atoms with Crippen molar-refractivity contribution < 1.29 is 0 Å². The zero-order valence-electron chi connectivity index (χ0n) is 36.9. The molecule has 68 heavy (non-hydrogen) atoms. The molecule has 0 saturated heterocycles. The van der Waals surface area contributed by atoms with Crippen LogP contribution in [-0.4, -0.2) is 24.1 Å². The molecule has 0 saturated carbocycles. The summed E-state index contributed by atoms with van der Waals surface area (Å²) in [6.07, 6.45) is 0. The zero-order valence-corrected chi connectivity index (χ0v) is 36.9. The van der Waals surface area contributed by atoms with Gasteiger partial charge in [-0.1, -0.05) is 164 Å². The van der Waals surface area contributed by atoms with Gasteiger partial charge in [0.1, 0.15) is 0 Å². The SMILES string of the molecule is c1ccc(-c2cccc(-c3nc(-c4ccc(-n5c6ccccc6c6cc(-c7ccc8c(c7)c7ccccc7n8-c7ccccc7)ccc65)cc4)nc(-c4cccc(-c5ccccc5)c4)n3)c2)cc1. The van der Waals surface area contributed by atoms with Gasteiger partial charge in [-0.25, -0.2) is 15.0 Å². The topological polar surface area (TPSA) is 48.5 Å². The molecule has 5 nitrogen and oxygen atoms in total. The number of rotatable bonds is 8. The highest BCUT2D eigenvalue weighted by Gasteiger charge is 2.18. The van der Waals surface area contributed by atoms with Gasteiger partial charge in [-0.05, 0) is 118 Å². The van der Waals surface area contributed by atoms with Crippen LogP contribution >= 0.6 is 0 Å². The highest BCUT2D eigenvalue weighted by Crippen LogP contribution is 2.39. The summed E-state index contributed by atoms with van der Waals surface area (Å²) in [7, 11) is 0. The minimum Gasteiger partial charge on any atom is -0.309 e. The summed E-state index contributed by atoms with van der Waals surface area (Å²) in [6.45, 7) is 0. The van der Waals surface area contributed by atoms with Crippen LogP contribution in [0.1, 0.15) is 0 Å². The lowest BCUT2D eigenvalue weighted by atomic mass is 10.0. The molecule has 0 N–H and O–H groups in total. The third-order valence-corrected chi connectivity index (χ3v) is 13.2. The van der Waals surface area contributed by atoms with Crippen molar-refractivity contribution >= 4 is 43.6 Å². The van der Waals surface area contributed by atoms with Crippen LogP contribution in [-0.2, 0) is 0 Å². The molecule has 0 aliphatic rings. The fourth-order valence-electron chi connectivity index (χ4n) is 9.90. The first-order valence-electron chi connectivity index (χ1n) is 23.0. The summed E-state index contributed by atoms with van der Waals surface area (Å²) in [5.74, 6) is 1.86. The molecule has 5 heteroatoms. The third kappa shape index (κ3) is 6.84. The van der Waals surface area contributed by atoms with E-state index in [4.69, 9.17) is 15.0 Å². The van der Waals surface area contributed by atoms with Crippen molar-refractivity contribution in [1.82, 2.24) is 24.1 Å². The normalized spacial score (nSPS) is 11.5. The fourth-order valence-corrected chi connectivity index (χ4v) is 9.90. The molecule has 0 unspecified atom stereocenters. The first kappa shape index (κ1) is 39.2. The predicted octanol–water partition coefficient (Wildman–Crippen LogP) is 16.1. The number of nitrogens with zero attached hydrogens (tertiary/aromatic N) is 5. The molecule has 318 valence electrons. The summed E-state index contributed by atoms with van der Waals surface area (Å²) < 4.78 is 4.73. The van der Waals surface area contributed by atoms with Crippen molar-refractivity contribution in [1.29, 1.82) is 0 Å². The molecule has 3 heterocycles. The van der Waals surface area contributed by atoms with Gasteiger partial charge in [-0.2, -0.15) is 0 Å². The molecule has 0 atom stereocenters. The van der Waals surface area contributed by atoms with Gasteiger partial charge < -0.3 is 9.13 Å². The molecule has 3 aromatic heterocycles. The number of aromatic nitrogens is 5. The Labute approximate surface area is 393 Å². The standard InChI is InChI=1S/C63H41N5/c1-4-16-42(17-5-1)45-20-14-22-49(38-45)62-64-61(65-63(66-62)50-23-15-21-46(39-50)43-18-6-2-7-19-43)44-30-34-52(35-31-44)68-58-29-13-11-27-54(58)56-41-48(33-37-60(56)68)47-32-36-59-55(40-47)53-26-10-12-28-57(53)67(59)51-24-8-3-9-25-51/h1-41H. The van der Waals surface area contributed by atoms with Crippen LogP contribution in [0.25, 0.3) is 123 Å². The summed E-state index contributed by atoms with van der Waals surface area (Å²) in [4.78, 5) is 15.5. The van der Waals surface area contributed by atoms with E-state index in [0.717, 1.165) is 61.4 Å². The van der Waals surface area contributed by atoms with E-state index in [1.165, 1.54) is 43.7 Å². The van der Waals surface area contributed by atoms with Crippen molar-refractivity contribution in [3.8, 4) is 78.9 Å². The van der Waals surface area contributed by atoms with E-state index in [1.54, 1.807) is 0 Å². The second-order valence-corrected chi connectivity index (χ2v) is 17.3. The van der Waals surface area contributed by atoms with Gasteiger partial charge in [-0.15, -0.1) is 0 Å². The van der Waals surface area contributed by atoms with Gasteiger partial charge in [0, 0.05) is 49.6 Å². The predicted molar refractivity (Wildman–Crippen MR) is 281 cm³/mol. The van der Waals surface area contributed by atoms with Crippen LogP contribution in [0.4, 0.5) is 0 Å². The first-order valence-corrected chi connectivity index (χ1v) is 23.0. The van der Waals surface area contributed by atoms with Crippen LogP contribution in [0.3, 0.4) is 0 Å². The van der Waals surface area contributed by atoms with Crippen molar-refractivity contribution in [3.63, 3.8) is 0 Å². The maximum absolute atomic E-state index is 5.17. The maximum Gasteiger partial charge on any atom is 0.164 e. The first-order chi connectivity index (χ1) is 33.7. The van der Waals surface area contributed by atoms with Crippen molar-refractivity contribution in [2.45, 2.75) is 0 Å². The number of benzene rings is 10. The highest BCUT2D eigenvalue weighted by molar-refractivity contribution is 6.12. The van der Waals surface area contributed by atoms with E-state index < -0.39 is 0 Å². The van der Waals surface area contributed by atoms with E-state index in [2.05, 4.69) is 246 Å². The Morgan fingerprint density at radius 3 is 1.03 bits per heavy atom. The Hall–Kier alpha value is -9.19. The Morgan fingerprint density at radius 2 is 0.544 bits per heavy atom. The maximum atomic E-state index is 5.17. The van der Waals surface area contributed by atoms with Gasteiger partial charge in [0.05, 0.1) is 22.1 Å². The number of fused-ring (bicyclic) bond motifs is 6. The molecule has 0 amide bonds. The highest BCUT2D eigenvalue weighted by atomic mass is 15.0. The summed E-state index contributed by atoms with van der Waals surface area (Å²) in [6, 6.07) is 88.2. The molecular weight excluding hydrogens is 827 g/mol. The van der Waals surface area contributed by atoms with Crippen LogP contribution in [0.2, 0.25) is 0 Å². The number of hydrogen-bond acceptors (Lipinski definition) is 3. The van der Waals surface area contributed by atoms with Crippen molar-refractivity contribution in [2.75, 3.05) is 0 Å². The summed E-state index contributed by atoms with van der Waals surface area (Å²) in [5.41, 5.74) is 16.5. The van der Waals surface area contributed by atoms with Crippen molar-refractivity contribution in [3.05, 3.63) is 249 Å². The minimum atomic E-state index is 0.613. The summed E-state index contributed by atoms with van der Waals surface area (Å²) in [5, 5.41) is 4.89. The fraction of sp³-hybridized carbons (Fsp3) is 0. The quantitative estimate of drug-likeness (QED) is 0.153. The molecule has 0 radical (unpaired) electrons. The van der Waals surface area contributed by atoms with Gasteiger partial charge in [0.25, 0.3) is 0 Å². The molecule has 0 spiro atoms. The average Bonchev–Trinajstić information content (AvgIpc) is 3.94. The molecule has 13 rings (SSSR count). The molecule has 0 aliphatic carbocycles. The molecule has 0 bridgehead atoms. The van der Waals surface area contributed by atoms with Gasteiger partial charge >= 0.3 is 0 Å². The Kier molecular flexibility index (Phi) is 9.43. The minimum absolute atomic E-state index is 0.613. The number of hydrogen-bond donors (Lipinski definition) is 0. The van der Waals surface area contributed by atoms with Gasteiger partial charge in [0.15, 0.2) is 17.5 Å².